The van der Waals surface area contributed by atoms with E-state index in [4.69, 9.17) is 4.74 Å². The molecule has 0 spiro atoms. The summed E-state index contributed by atoms with van der Waals surface area (Å²) >= 11 is 0. The molecule has 1 fully saturated rings. The second-order valence-electron chi connectivity index (χ2n) is 5.78. The van der Waals surface area contributed by atoms with Crippen LogP contribution in [-0.4, -0.2) is 25.8 Å². The van der Waals surface area contributed by atoms with Crippen molar-refractivity contribution in [3.05, 3.63) is 0 Å². The number of hydrogen-bond donors (Lipinski definition) is 1. The van der Waals surface area contributed by atoms with Crippen molar-refractivity contribution < 1.29 is 4.74 Å². The minimum Gasteiger partial charge on any atom is -0.381 e. The van der Waals surface area contributed by atoms with Gasteiger partial charge in [0, 0.05) is 19.3 Å². The van der Waals surface area contributed by atoms with Crippen LogP contribution in [0.25, 0.3) is 0 Å². The maximum atomic E-state index is 5.57. The summed E-state index contributed by atoms with van der Waals surface area (Å²) in [7, 11) is 0. The summed E-state index contributed by atoms with van der Waals surface area (Å²) in [5.41, 5.74) is 0. The quantitative estimate of drug-likeness (QED) is 0.656. The highest BCUT2D eigenvalue weighted by Gasteiger charge is 2.24. The van der Waals surface area contributed by atoms with Crippen molar-refractivity contribution in [3.8, 4) is 0 Å². The van der Waals surface area contributed by atoms with Crippen LogP contribution in [0.15, 0.2) is 0 Å². The summed E-state index contributed by atoms with van der Waals surface area (Å²) in [5, 5.41) is 3.71. The molecule has 2 nitrogen and oxygen atoms in total. The lowest BCUT2D eigenvalue weighted by molar-refractivity contribution is 0.126. The zero-order valence-electron chi connectivity index (χ0n) is 12.0. The molecule has 0 aliphatic heterocycles. The van der Waals surface area contributed by atoms with Gasteiger partial charge in [-0.05, 0) is 44.1 Å². The first-order chi connectivity index (χ1) is 8.24. The van der Waals surface area contributed by atoms with Crippen LogP contribution < -0.4 is 5.32 Å². The molecule has 0 aromatic heterocycles. The Labute approximate surface area is 108 Å². The molecule has 17 heavy (non-hydrogen) atoms. The normalized spacial score (nSPS) is 29.5. The van der Waals surface area contributed by atoms with E-state index in [2.05, 4.69) is 26.1 Å². The molecule has 1 saturated carbocycles. The van der Waals surface area contributed by atoms with Crippen LogP contribution in [0.2, 0.25) is 0 Å². The Hall–Kier alpha value is -0.0800. The van der Waals surface area contributed by atoms with Crippen LogP contribution in [0, 0.1) is 11.8 Å². The summed E-state index contributed by atoms with van der Waals surface area (Å²) in [5.74, 6) is 1.76. The van der Waals surface area contributed by atoms with E-state index in [9.17, 15) is 0 Å². The SMILES string of the molecule is CCCCOCCCNC1CC(C)CCC1C. The molecule has 0 aromatic rings. The van der Waals surface area contributed by atoms with Gasteiger partial charge in [-0.15, -0.1) is 0 Å². The molecule has 0 heterocycles. The van der Waals surface area contributed by atoms with Gasteiger partial charge in [-0.3, -0.25) is 0 Å². The Morgan fingerprint density at radius 1 is 1.12 bits per heavy atom. The average Bonchev–Trinajstić information content (AvgIpc) is 2.32. The van der Waals surface area contributed by atoms with E-state index in [0.29, 0.717) is 0 Å². The molecule has 1 N–H and O–H groups in total. The van der Waals surface area contributed by atoms with Gasteiger partial charge in [0.1, 0.15) is 0 Å². The molecule has 1 aliphatic rings. The van der Waals surface area contributed by atoms with Gasteiger partial charge in [0.05, 0.1) is 0 Å². The van der Waals surface area contributed by atoms with Crippen molar-refractivity contribution in [3.63, 3.8) is 0 Å². The van der Waals surface area contributed by atoms with Crippen molar-refractivity contribution in [2.75, 3.05) is 19.8 Å². The third kappa shape index (κ3) is 6.42. The fraction of sp³-hybridized carbons (Fsp3) is 1.00. The molecular formula is C15H31NO. The monoisotopic (exact) mass is 241 g/mol. The molecule has 0 aromatic carbocycles. The molecule has 0 saturated heterocycles. The molecule has 2 heteroatoms. The number of ether oxygens (including phenoxy) is 1. The second-order valence-corrected chi connectivity index (χ2v) is 5.78. The fourth-order valence-corrected chi connectivity index (χ4v) is 2.63. The summed E-state index contributed by atoms with van der Waals surface area (Å²) in [4.78, 5) is 0. The van der Waals surface area contributed by atoms with Gasteiger partial charge in [-0.25, -0.2) is 0 Å². The fourth-order valence-electron chi connectivity index (χ4n) is 2.63. The molecule has 3 unspecified atom stereocenters. The Balaban J connectivity index is 1.97. The van der Waals surface area contributed by atoms with Crippen LogP contribution in [-0.2, 0) is 4.74 Å². The molecule has 1 aliphatic carbocycles. The summed E-state index contributed by atoms with van der Waals surface area (Å²) in [6.45, 7) is 9.96. The molecule has 1 rings (SSSR count). The third-order valence-corrected chi connectivity index (χ3v) is 3.97. The highest BCUT2D eigenvalue weighted by molar-refractivity contribution is 4.81. The topological polar surface area (TPSA) is 21.3 Å². The van der Waals surface area contributed by atoms with Gasteiger partial charge < -0.3 is 10.1 Å². The minimum atomic E-state index is 0.745. The molecule has 0 bridgehead atoms. The van der Waals surface area contributed by atoms with E-state index in [-0.39, 0.29) is 0 Å². The van der Waals surface area contributed by atoms with Gasteiger partial charge in [0.15, 0.2) is 0 Å². The van der Waals surface area contributed by atoms with Gasteiger partial charge >= 0.3 is 0 Å². The first kappa shape index (κ1) is 15.0. The zero-order chi connectivity index (χ0) is 12.5. The summed E-state index contributed by atoms with van der Waals surface area (Å²) in [6, 6.07) is 0.745. The van der Waals surface area contributed by atoms with E-state index < -0.39 is 0 Å². The van der Waals surface area contributed by atoms with Crippen LogP contribution in [0.5, 0.6) is 0 Å². The number of hydrogen-bond acceptors (Lipinski definition) is 2. The van der Waals surface area contributed by atoms with E-state index in [1.165, 1.54) is 32.1 Å². The Morgan fingerprint density at radius 2 is 1.88 bits per heavy atom. The van der Waals surface area contributed by atoms with Gasteiger partial charge in [-0.1, -0.05) is 33.6 Å². The van der Waals surface area contributed by atoms with E-state index in [0.717, 1.165) is 44.1 Å². The highest BCUT2D eigenvalue weighted by atomic mass is 16.5. The molecular weight excluding hydrogens is 210 g/mol. The Bertz CT molecular complexity index is 184. The van der Waals surface area contributed by atoms with Crippen LogP contribution in [0.3, 0.4) is 0 Å². The van der Waals surface area contributed by atoms with Crippen LogP contribution in [0.1, 0.15) is 59.3 Å². The van der Waals surface area contributed by atoms with Crippen LogP contribution >= 0.6 is 0 Å². The maximum absolute atomic E-state index is 5.57. The highest BCUT2D eigenvalue weighted by Crippen LogP contribution is 2.28. The maximum Gasteiger partial charge on any atom is 0.0478 e. The molecule has 0 radical (unpaired) electrons. The molecule has 0 amide bonds. The average molecular weight is 241 g/mol. The summed E-state index contributed by atoms with van der Waals surface area (Å²) in [6.07, 6.45) is 7.75. The standard InChI is InChI=1S/C15H31NO/c1-4-5-10-17-11-6-9-16-15-12-13(2)7-8-14(15)3/h13-16H,4-12H2,1-3H3. The van der Waals surface area contributed by atoms with Gasteiger partial charge in [0.2, 0.25) is 0 Å². The van der Waals surface area contributed by atoms with Crippen molar-refractivity contribution in [2.45, 2.75) is 65.3 Å². The van der Waals surface area contributed by atoms with E-state index in [1.54, 1.807) is 0 Å². The number of rotatable bonds is 8. The smallest absolute Gasteiger partial charge is 0.0478 e. The third-order valence-electron chi connectivity index (χ3n) is 3.97. The van der Waals surface area contributed by atoms with E-state index in [1.807, 2.05) is 0 Å². The molecule has 3 atom stereocenters. The first-order valence-corrected chi connectivity index (χ1v) is 7.55. The first-order valence-electron chi connectivity index (χ1n) is 7.55. The van der Waals surface area contributed by atoms with Gasteiger partial charge in [0.25, 0.3) is 0 Å². The van der Waals surface area contributed by atoms with Crippen LogP contribution in [0.4, 0.5) is 0 Å². The van der Waals surface area contributed by atoms with Crippen molar-refractivity contribution in [2.24, 2.45) is 11.8 Å². The lowest BCUT2D eigenvalue weighted by atomic mass is 9.80. The predicted molar refractivity (Wildman–Crippen MR) is 74.3 cm³/mol. The minimum absolute atomic E-state index is 0.745. The number of nitrogens with one attached hydrogen (secondary N) is 1. The van der Waals surface area contributed by atoms with E-state index >= 15 is 0 Å². The van der Waals surface area contributed by atoms with Gasteiger partial charge in [-0.2, -0.15) is 0 Å². The largest absolute Gasteiger partial charge is 0.381 e. The zero-order valence-corrected chi connectivity index (χ0v) is 12.0. The van der Waals surface area contributed by atoms with Crippen molar-refractivity contribution in [1.29, 1.82) is 0 Å². The molecule has 102 valence electrons. The lowest BCUT2D eigenvalue weighted by Gasteiger charge is -2.33. The van der Waals surface area contributed by atoms with Crippen molar-refractivity contribution in [1.82, 2.24) is 5.32 Å². The summed E-state index contributed by atoms with van der Waals surface area (Å²) < 4.78 is 5.57. The second kappa shape index (κ2) is 8.93. The Morgan fingerprint density at radius 3 is 2.65 bits per heavy atom. The van der Waals surface area contributed by atoms with Crippen molar-refractivity contribution >= 4 is 0 Å². The number of unbranched alkanes of at least 4 members (excludes halogenated alkanes) is 1. The predicted octanol–water partition coefficient (Wildman–Crippen LogP) is 3.61. The Kier molecular flexibility index (Phi) is 7.87. The lowest BCUT2D eigenvalue weighted by Crippen LogP contribution is -2.40.